The Morgan fingerprint density at radius 2 is 1.96 bits per heavy atom. The number of hydroxylamine groups is 2. The van der Waals surface area contributed by atoms with Crippen molar-refractivity contribution in [1.29, 1.82) is 0 Å². The molecule has 0 radical (unpaired) electrons. The van der Waals surface area contributed by atoms with Crippen LogP contribution in [0.5, 0.6) is 0 Å². The molecule has 1 fully saturated rings. The van der Waals surface area contributed by atoms with Crippen molar-refractivity contribution in [2.24, 2.45) is 5.92 Å². The minimum atomic E-state index is -0.316. The van der Waals surface area contributed by atoms with Crippen LogP contribution in [0.15, 0.2) is 36.5 Å². The first-order valence-corrected chi connectivity index (χ1v) is 8.95. The average molecular weight is 335 g/mol. The smallest absolute Gasteiger partial charge is 0.103 e. The van der Waals surface area contributed by atoms with Gasteiger partial charge in [-0.3, -0.25) is 4.84 Å². The summed E-state index contributed by atoms with van der Waals surface area (Å²) < 4.78 is 0. The maximum Gasteiger partial charge on any atom is 0.103 e. The predicted octanol–water partition coefficient (Wildman–Crippen LogP) is 3.37. The zero-order valence-electron chi connectivity index (χ0n) is 15.5. The summed E-state index contributed by atoms with van der Waals surface area (Å²) in [6.45, 7) is 12.2. The van der Waals surface area contributed by atoms with Gasteiger partial charge in [-0.05, 0) is 64.9 Å². The molecule has 0 spiro atoms. The van der Waals surface area contributed by atoms with Crippen molar-refractivity contribution in [2.45, 2.75) is 76.7 Å². The standard InChI is InChI=1S/C20H33NO3/c1-6-15-8-7-9-16(10-15)11-18(14-22)24-21-19(2,3)12-17(23)13-20(21,4)5/h6-8,10,16-18,22-23H,1,9,11-14H2,2-5H3. The van der Waals surface area contributed by atoms with Crippen molar-refractivity contribution in [2.75, 3.05) is 6.61 Å². The van der Waals surface area contributed by atoms with Crippen LogP contribution in [0.2, 0.25) is 0 Å². The fraction of sp³-hybridized carbons (Fsp3) is 0.700. The number of piperidine rings is 1. The Morgan fingerprint density at radius 3 is 2.50 bits per heavy atom. The van der Waals surface area contributed by atoms with Crippen LogP contribution in [0.1, 0.15) is 53.4 Å². The minimum absolute atomic E-state index is 0.0112. The van der Waals surface area contributed by atoms with E-state index in [0.29, 0.717) is 18.8 Å². The summed E-state index contributed by atoms with van der Waals surface area (Å²) in [6, 6.07) is 0. The highest BCUT2D eigenvalue weighted by molar-refractivity contribution is 5.32. The third-order valence-corrected chi connectivity index (χ3v) is 5.01. The van der Waals surface area contributed by atoms with Gasteiger partial charge >= 0.3 is 0 Å². The molecule has 0 aromatic rings. The Kier molecular flexibility index (Phi) is 6.08. The van der Waals surface area contributed by atoms with Gasteiger partial charge in [-0.2, -0.15) is 5.06 Å². The molecule has 2 unspecified atom stereocenters. The number of allylic oxidation sites excluding steroid dienone is 5. The van der Waals surface area contributed by atoms with Gasteiger partial charge in [0.25, 0.3) is 0 Å². The Hall–Kier alpha value is -0.940. The number of rotatable bonds is 6. The summed E-state index contributed by atoms with van der Waals surface area (Å²) in [5, 5.41) is 22.0. The van der Waals surface area contributed by atoms with Crippen LogP contribution in [-0.4, -0.2) is 45.2 Å². The summed E-state index contributed by atoms with van der Waals surface area (Å²) in [6.07, 6.45) is 10.8. The largest absolute Gasteiger partial charge is 0.394 e. The van der Waals surface area contributed by atoms with Gasteiger partial charge in [0.15, 0.2) is 0 Å². The highest BCUT2D eigenvalue weighted by Crippen LogP contribution is 2.39. The van der Waals surface area contributed by atoms with Gasteiger partial charge in [-0.25, -0.2) is 0 Å². The van der Waals surface area contributed by atoms with E-state index in [1.54, 1.807) is 0 Å². The third kappa shape index (κ3) is 4.57. The van der Waals surface area contributed by atoms with Crippen LogP contribution in [0, 0.1) is 5.92 Å². The van der Waals surface area contributed by atoms with Crippen molar-refractivity contribution in [3.05, 3.63) is 36.5 Å². The molecule has 1 aliphatic carbocycles. The van der Waals surface area contributed by atoms with Crippen molar-refractivity contribution >= 4 is 0 Å². The molecule has 1 saturated heterocycles. The van der Waals surface area contributed by atoms with Crippen molar-refractivity contribution in [1.82, 2.24) is 5.06 Å². The van der Waals surface area contributed by atoms with Crippen LogP contribution in [0.25, 0.3) is 0 Å². The second-order valence-electron chi connectivity index (χ2n) is 8.40. The van der Waals surface area contributed by atoms with Gasteiger partial charge in [0.1, 0.15) is 6.10 Å². The van der Waals surface area contributed by atoms with E-state index in [0.717, 1.165) is 18.4 Å². The summed E-state index contributed by atoms with van der Waals surface area (Å²) >= 11 is 0. The third-order valence-electron chi connectivity index (χ3n) is 5.01. The normalized spacial score (nSPS) is 28.4. The SMILES string of the molecule is C=CC1=CC(CC(CO)ON2C(C)(C)CC(O)CC2(C)C)CC=C1. The van der Waals surface area contributed by atoms with E-state index in [9.17, 15) is 10.2 Å². The van der Waals surface area contributed by atoms with Gasteiger partial charge in [0.05, 0.1) is 12.7 Å². The number of nitrogens with zero attached hydrogens (tertiary/aromatic N) is 1. The first kappa shape index (κ1) is 19.4. The van der Waals surface area contributed by atoms with E-state index in [-0.39, 0.29) is 29.9 Å². The monoisotopic (exact) mass is 335 g/mol. The van der Waals surface area contributed by atoms with E-state index in [1.165, 1.54) is 0 Å². The second kappa shape index (κ2) is 7.52. The molecule has 2 aliphatic rings. The average Bonchev–Trinajstić information content (AvgIpc) is 2.48. The molecule has 0 amide bonds. The summed E-state index contributed by atoms with van der Waals surface area (Å²) in [4.78, 5) is 6.28. The second-order valence-corrected chi connectivity index (χ2v) is 8.40. The maximum absolute atomic E-state index is 10.2. The maximum atomic E-state index is 10.2. The molecule has 2 atom stereocenters. The van der Waals surface area contributed by atoms with E-state index >= 15 is 0 Å². The number of aliphatic hydroxyl groups is 2. The van der Waals surface area contributed by atoms with E-state index in [2.05, 4.69) is 52.5 Å². The number of hydrogen-bond donors (Lipinski definition) is 2. The summed E-state index contributed by atoms with van der Waals surface area (Å²) in [5.41, 5.74) is 0.580. The zero-order valence-corrected chi connectivity index (χ0v) is 15.5. The Morgan fingerprint density at radius 1 is 1.33 bits per heavy atom. The lowest BCUT2D eigenvalue weighted by molar-refractivity contribution is -0.319. The molecule has 4 heteroatoms. The Balaban J connectivity index is 2.07. The van der Waals surface area contributed by atoms with Crippen LogP contribution >= 0.6 is 0 Å². The van der Waals surface area contributed by atoms with Gasteiger partial charge < -0.3 is 10.2 Å². The Bertz CT molecular complexity index is 489. The molecule has 1 heterocycles. The first-order chi connectivity index (χ1) is 11.2. The fourth-order valence-corrected chi connectivity index (χ4v) is 4.21. The molecule has 2 N–H and O–H groups in total. The molecule has 0 aromatic carbocycles. The molecular weight excluding hydrogens is 302 g/mol. The van der Waals surface area contributed by atoms with E-state index in [4.69, 9.17) is 4.84 Å². The Labute approximate surface area is 146 Å². The predicted molar refractivity (Wildman–Crippen MR) is 97.3 cm³/mol. The zero-order chi connectivity index (χ0) is 18.0. The molecular formula is C20H33NO3. The molecule has 0 saturated carbocycles. The quantitative estimate of drug-likeness (QED) is 0.781. The topological polar surface area (TPSA) is 52.9 Å². The lowest BCUT2D eigenvalue weighted by atomic mass is 9.80. The minimum Gasteiger partial charge on any atom is -0.394 e. The fourth-order valence-electron chi connectivity index (χ4n) is 4.21. The first-order valence-electron chi connectivity index (χ1n) is 8.95. The lowest BCUT2D eigenvalue weighted by Crippen LogP contribution is -2.62. The van der Waals surface area contributed by atoms with Crippen molar-refractivity contribution < 1.29 is 15.1 Å². The van der Waals surface area contributed by atoms with Gasteiger partial charge in [-0.15, -0.1) is 0 Å². The van der Waals surface area contributed by atoms with Crippen molar-refractivity contribution in [3.8, 4) is 0 Å². The molecule has 24 heavy (non-hydrogen) atoms. The molecule has 4 nitrogen and oxygen atoms in total. The molecule has 1 aliphatic heterocycles. The van der Waals surface area contributed by atoms with Crippen LogP contribution in [0.4, 0.5) is 0 Å². The van der Waals surface area contributed by atoms with Crippen molar-refractivity contribution in [3.63, 3.8) is 0 Å². The number of hydrogen-bond acceptors (Lipinski definition) is 4. The van der Waals surface area contributed by atoms with Gasteiger partial charge in [0.2, 0.25) is 0 Å². The number of aliphatic hydroxyl groups excluding tert-OH is 2. The highest BCUT2D eigenvalue weighted by atomic mass is 16.7. The van der Waals surface area contributed by atoms with Crippen LogP contribution in [-0.2, 0) is 4.84 Å². The lowest BCUT2D eigenvalue weighted by Gasteiger charge is -2.53. The molecule has 0 aromatic heterocycles. The summed E-state index contributed by atoms with van der Waals surface area (Å²) in [7, 11) is 0. The van der Waals surface area contributed by atoms with E-state index < -0.39 is 0 Å². The molecule has 0 bridgehead atoms. The summed E-state index contributed by atoms with van der Waals surface area (Å²) in [5.74, 6) is 0.349. The van der Waals surface area contributed by atoms with Crippen LogP contribution in [0.3, 0.4) is 0 Å². The van der Waals surface area contributed by atoms with Gasteiger partial charge in [-0.1, -0.05) is 30.9 Å². The van der Waals surface area contributed by atoms with Crippen LogP contribution < -0.4 is 0 Å². The molecule has 2 rings (SSSR count). The highest BCUT2D eigenvalue weighted by Gasteiger charge is 2.47. The van der Waals surface area contributed by atoms with Gasteiger partial charge in [0, 0.05) is 11.1 Å². The molecule has 136 valence electrons. The van der Waals surface area contributed by atoms with E-state index in [1.807, 2.05) is 11.1 Å².